The summed E-state index contributed by atoms with van der Waals surface area (Å²) in [5, 5.41) is 10.4. The molecule has 2 aliphatic rings. The summed E-state index contributed by atoms with van der Waals surface area (Å²) in [6, 6.07) is 12.1. The van der Waals surface area contributed by atoms with Gasteiger partial charge in [0.2, 0.25) is 27.7 Å². The maximum Gasteiger partial charge on any atom is 0.241 e. The van der Waals surface area contributed by atoms with Crippen molar-refractivity contribution in [3.05, 3.63) is 59.7 Å². The number of amides is 3. The molecule has 0 spiro atoms. The van der Waals surface area contributed by atoms with Crippen molar-refractivity contribution in [3.63, 3.8) is 0 Å². The van der Waals surface area contributed by atoms with Crippen LogP contribution in [0.4, 0.5) is 5.69 Å². The van der Waals surface area contributed by atoms with E-state index in [1.807, 2.05) is 0 Å². The van der Waals surface area contributed by atoms with E-state index < -0.39 is 16.1 Å². The molecule has 0 bridgehead atoms. The number of carbonyl (C=O) groups is 3. The average molecular weight is 611 g/mol. The Kier molecular flexibility index (Phi) is 10.9. The average Bonchev–Trinajstić information content (AvgIpc) is 3.01. The molecule has 43 heavy (non-hydrogen) atoms. The molecule has 0 saturated carbocycles. The number of nitrogens with zero attached hydrogens (tertiary/aromatic N) is 2. The number of rotatable bonds is 12. The van der Waals surface area contributed by atoms with Gasteiger partial charge in [0, 0.05) is 50.8 Å². The third-order valence-corrected chi connectivity index (χ3v) is 9.73. The van der Waals surface area contributed by atoms with Crippen molar-refractivity contribution in [2.75, 3.05) is 31.6 Å². The maximum absolute atomic E-state index is 13.9. The zero-order chi connectivity index (χ0) is 31.0. The van der Waals surface area contributed by atoms with Crippen molar-refractivity contribution >= 4 is 39.3 Å². The number of hydrogen-bond acceptors (Lipinski definition) is 6. The Bertz CT molecular complexity index is 1440. The molecule has 2 aromatic carbocycles. The highest BCUT2D eigenvalue weighted by Gasteiger charge is 2.32. The van der Waals surface area contributed by atoms with Gasteiger partial charge >= 0.3 is 0 Å². The lowest BCUT2D eigenvalue weighted by Gasteiger charge is -2.34. The summed E-state index contributed by atoms with van der Waals surface area (Å²) >= 11 is 0. The van der Waals surface area contributed by atoms with Gasteiger partial charge in [0.15, 0.2) is 0 Å². The minimum absolute atomic E-state index is 0.0182. The Morgan fingerprint density at radius 1 is 1.07 bits per heavy atom. The van der Waals surface area contributed by atoms with E-state index in [-0.39, 0.29) is 34.9 Å². The predicted octanol–water partition coefficient (Wildman–Crippen LogP) is 2.53. The molecule has 2 fully saturated rings. The zero-order valence-corrected chi connectivity index (χ0v) is 25.5. The van der Waals surface area contributed by atoms with Crippen molar-refractivity contribution in [1.82, 2.24) is 14.9 Å². The molecule has 12 heteroatoms. The molecule has 2 heterocycles. The van der Waals surface area contributed by atoms with Crippen LogP contribution < -0.4 is 20.7 Å². The molecule has 1 atom stereocenters. The molecule has 3 amide bonds. The molecule has 2 aromatic rings. The molecule has 0 radical (unpaired) electrons. The quantitative estimate of drug-likeness (QED) is 0.213. The van der Waals surface area contributed by atoms with E-state index in [1.54, 1.807) is 53.2 Å². The number of sulfonamides is 1. The van der Waals surface area contributed by atoms with E-state index in [0.717, 1.165) is 38.5 Å². The number of benzene rings is 2. The van der Waals surface area contributed by atoms with Crippen LogP contribution in [0.1, 0.15) is 62.5 Å². The van der Waals surface area contributed by atoms with Gasteiger partial charge in [-0.25, -0.2) is 8.42 Å². The first-order valence-electron chi connectivity index (χ1n) is 14.9. The fourth-order valence-corrected chi connectivity index (χ4v) is 7.00. The molecule has 0 unspecified atom stereocenters. The monoisotopic (exact) mass is 610 g/mol. The van der Waals surface area contributed by atoms with Crippen LogP contribution in [0.5, 0.6) is 0 Å². The number of carbonyl (C=O) groups excluding carboxylic acids is 3. The van der Waals surface area contributed by atoms with Crippen LogP contribution >= 0.6 is 0 Å². The van der Waals surface area contributed by atoms with Crippen molar-refractivity contribution in [2.45, 2.75) is 68.7 Å². The highest BCUT2D eigenvalue weighted by molar-refractivity contribution is 7.89. The van der Waals surface area contributed by atoms with E-state index in [2.05, 4.69) is 10.0 Å². The predicted molar refractivity (Wildman–Crippen MR) is 165 cm³/mol. The van der Waals surface area contributed by atoms with Gasteiger partial charge in [0.05, 0.1) is 4.90 Å². The molecular formula is C31H42N6O5S. The number of nitrogens with two attached hydrogens (primary N) is 1. The summed E-state index contributed by atoms with van der Waals surface area (Å²) in [7, 11) is -2.52. The summed E-state index contributed by atoms with van der Waals surface area (Å²) in [6.45, 7) is 1.54. The second-order valence-corrected chi connectivity index (χ2v) is 13.0. The van der Waals surface area contributed by atoms with E-state index in [9.17, 15) is 22.8 Å². The molecular weight excluding hydrogens is 568 g/mol. The summed E-state index contributed by atoms with van der Waals surface area (Å²) in [5.41, 5.74) is 7.35. The van der Waals surface area contributed by atoms with Gasteiger partial charge in [-0.3, -0.25) is 19.8 Å². The van der Waals surface area contributed by atoms with Crippen molar-refractivity contribution in [3.8, 4) is 0 Å². The lowest BCUT2D eigenvalue weighted by molar-refractivity contribution is -0.134. The van der Waals surface area contributed by atoms with Crippen LogP contribution in [-0.4, -0.2) is 69.6 Å². The number of hydrogen-bond donors (Lipinski definition) is 4. The zero-order valence-electron chi connectivity index (χ0n) is 24.7. The molecule has 4 rings (SSSR count). The number of anilines is 1. The van der Waals surface area contributed by atoms with Crippen LogP contribution in [0.25, 0.3) is 0 Å². The second kappa shape index (κ2) is 14.6. The number of amidine groups is 1. The highest BCUT2D eigenvalue weighted by Crippen LogP contribution is 2.26. The molecule has 2 saturated heterocycles. The largest absolute Gasteiger partial charge is 0.384 e. The topological polar surface area (TPSA) is 166 Å². The molecule has 5 N–H and O–H groups in total. The Balaban J connectivity index is 1.52. The van der Waals surface area contributed by atoms with Crippen LogP contribution in [0, 0.1) is 11.3 Å². The van der Waals surface area contributed by atoms with Gasteiger partial charge in [0.25, 0.3) is 0 Å². The van der Waals surface area contributed by atoms with E-state index in [0.29, 0.717) is 55.2 Å². The number of nitrogens with one attached hydrogen (secondary N) is 3. The standard InChI is InChI=1S/C31H42N6O5S/c1-34-28(38)12-5-7-22-14-17-36(18-15-22)31(40)27(20-23-8-4-9-24(19-23)30(32)33)35-43(41,42)26-11-6-10-25(21-26)37-16-3-2-13-29(37)39/h4,6,8-11,19,21-22,27,35H,2-3,5,7,12-18,20H2,1H3,(H3,32,33)(H,34,38)/t27-/m1/s1. The molecule has 0 aliphatic carbocycles. The van der Waals surface area contributed by atoms with E-state index in [1.165, 1.54) is 12.1 Å². The number of piperidine rings is 2. The van der Waals surface area contributed by atoms with Crippen LogP contribution in [-0.2, 0) is 30.8 Å². The first-order valence-corrected chi connectivity index (χ1v) is 16.4. The first-order chi connectivity index (χ1) is 20.6. The number of likely N-dealkylation sites (tertiary alicyclic amines) is 1. The number of nitrogen functional groups attached to an aromatic ring is 1. The Hall–Kier alpha value is -3.77. The third kappa shape index (κ3) is 8.64. The molecule has 11 nitrogen and oxygen atoms in total. The van der Waals surface area contributed by atoms with Crippen LogP contribution in [0.3, 0.4) is 0 Å². The maximum atomic E-state index is 13.9. The Morgan fingerprint density at radius 3 is 2.51 bits per heavy atom. The summed E-state index contributed by atoms with van der Waals surface area (Å²) in [6.07, 6.45) is 5.90. The SMILES string of the molecule is CNC(=O)CCCC1CCN(C(=O)[C@@H](Cc2cccc(C(=N)N)c2)NS(=O)(=O)c2cccc(N3CCCCC3=O)c2)CC1. The van der Waals surface area contributed by atoms with Crippen LogP contribution in [0.2, 0.25) is 0 Å². The minimum Gasteiger partial charge on any atom is -0.384 e. The van der Waals surface area contributed by atoms with Gasteiger partial charge in [-0.05, 0) is 80.7 Å². The Labute approximate surface area is 253 Å². The summed E-state index contributed by atoms with van der Waals surface area (Å²) in [4.78, 5) is 41.2. The Morgan fingerprint density at radius 2 is 1.81 bits per heavy atom. The van der Waals surface area contributed by atoms with Gasteiger partial charge in [-0.2, -0.15) is 4.72 Å². The van der Waals surface area contributed by atoms with Crippen molar-refractivity contribution < 1.29 is 22.8 Å². The first kappa shape index (κ1) is 32.2. The smallest absolute Gasteiger partial charge is 0.241 e. The summed E-state index contributed by atoms with van der Waals surface area (Å²) in [5.74, 6) is -0.0546. The van der Waals surface area contributed by atoms with Crippen molar-refractivity contribution in [2.24, 2.45) is 11.7 Å². The van der Waals surface area contributed by atoms with Gasteiger partial charge in [0.1, 0.15) is 11.9 Å². The van der Waals surface area contributed by atoms with Gasteiger partial charge in [-0.15, -0.1) is 0 Å². The fraction of sp³-hybridized carbons (Fsp3) is 0.484. The minimum atomic E-state index is -4.14. The lowest BCUT2D eigenvalue weighted by Crippen LogP contribution is -2.51. The molecule has 232 valence electrons. The molecule has 0 aromatic heterocycles. The molecule has 2 aliphatic heterocycles. The van der Waals surface area contributed by atoms with E-state index >= 15 is 0 Å². The van der Waals surface area contributed by atoms with Crippen molar-refractivity contribution in [1.29, 1.82) is 5.41 Å². The normalized spacial score (nSPS) is 17.0. The van der Waals surface area contributed by atoms with E-state index in [4.69, 9.17) is 11.1 Å². The third-order valence-electron chi connectivity index (χ3n) is 8.26. The lowest BCUT2D eigenvalue weighted by atomic mass is 9.91. The van der Waals surface area contributed by atoms with Crippen LogP contribution in [0.15, 0.2) is 53.4 Å². The highest BCUT2D eigenvalue weighted by atomic mass is 32.2. The van der Waals surface area contributed by atoms with Gasteiger partial charge in [-0.1, -0.05) is 24.3 Å². The van der Waals surface area contributed by atoms with Gasteiger partial charge < -0.3 is 20.9 Å². The summed E-state index contributed by atoms with van der Waals surface area (Å²) < 4.78 is 30.0. The second-order valence-electron chi connectivity index (χ2n) is 11.3. The fourth-order valence-electron chi connectivity index (χ4n) is 5.77.